The normalized spacial score (nSPS) is 20.7. The van der Waals surface area contributed by atoms with Crippen molar-refractivity contribution in [1.29, 1.82) is 0 Å². The molecule has 0 unspecified atom stereocenters. The molecule has 0 spiro atoms. The van der Waals surface area contributed by atoms with Gasteiger partial charge in [-0.3, -0.25) is 10.00 Å². The second-order valence-corrected chi connectivity index (χ2v) is 4.92. The standard InChI is InChI=1S/C12H18N6/c1-8-6-13-11(14-8)7-18-5-3-4-10(18)12-15-9(2)16-17-12/h6,10H,3-5,7H2,1-2H3,(H,13,14)(H,15,16,17)/t10-/m0/s1. The maximum absolute atomic E-state index is 4.45. The molecule has 0 aromatic carbocycles. The Kier molecular flexibility index (Phi) is 2.87. The lowest BCUT2D eigenvalue weighted by Gasteiger charge is -2.20. The Morgan fingerprint density at radius 3 is 3.00 bits per heavy atom. The number of aromatic nitrogens is 5. The molecule has 6 heteroatoms. The summed E-state index contributed by atoms with van der Waals surface area (Å²) in [4.78, 5) is 14.5. The number of hydrogen-bond acceptors (Lipinski definition) is 4. The second-order valence-electron chi connectivity index (χ2n) is 4.92. The molecule has 6 nitrogen and oxygen atoms in total. The first kappa shape index (κ1) is 11.4. The van der Waals surface area contributed by atoms with E-state index in [9.17, 15) is 0 Å². The molecule has 1 aliphatic rings. The number of hydrogen-bond donors (Lipinski definition) is 2. The van der Waals surface area contributed by atoms with E-state index in [-0.39, 0.29) is 0 Å². The van der Waals surface area contributed by atoms with Gasteiger partial charge in [0.05, 0.1) is 12.6 Å². The summed E-state index contributed by atoms with van der Waals surface area (Å²) in [5.41, 5.74) is 1.11. The van der Waals surface area contributed by atoms with E-state index < -0.39 is 0 Å². The number of nitrogens with one attached hydrogen (secondary N) is 2. The van der Waals surface area contributed by atoms with Gasteiger partial charge in [-0.05, 0) is 33.2 Å². The van der Waals surface area contributed by atoms with Gasteiger partial charge in [-0.1, -0.05) is 0 Å². The quantitative estimate of drug-likeness (QED) is 0.860. The Hall–Kier alpha value is -1.69. The first-order valence-corrected chi connectivity index (χ1v) is 6.36. The molecule has 96 valence electrons. The molecular formula is C12H18N6. The van der Waals surface area contributed by atoms with Crippen LogP contribution >= 0.6 is 0 Å². The van der Waals surface area contributed by atoms with Crippen LogP contribution in [-0.4, -0.2) is 36.6 Å². The average Bonchev–Trinajstić information content (AvgIpc) is 3.01. The van der Waals surface area contributed by atoms with Crippen molar-refractivity contribution in [2.24, 2.45) is 0 Å². The summed E-state index contributed by atoms with van der Waals surface area (Å²) >= 11 is 0. The number of nitrogens with zero attached hydrogens (tertiary/aromatic N) is 4. The van der Waals surface area contributed by atoms with E-state index in [4.69, 9.17) is 0 Å². The topological polar surface area (TPSA) is 73.5 Å². The summed E-state index contributed by atoms with van der Waals surface area (Å²) in [6.45, 7) is 5.88. The molecule has 0 aliphatic carbocycles. The van der Waals surface area contributed by atoms with Crippen molar-refractivity contribution in [3.63, 3.8) is 0 Å². The van der Waals surface area contributed by atoms with Gasteiger partial charge in [0.25, 0.3) is 0 Å². The van der Waals surface area contributed by atoms with E-state index in [1.807, 2.05) is 20.0 Å². The van der Waals surface area contributed by atoms with E-state index >= 15 is 0 Å². The maximum Gasteiger partial charge on any atom is 0.167 e. The zero-order chi connectivity index (χ0) is 12.5. The van der Waals surface area contributed by atoms with Crippen LogP contribution in [0.4, 0.5) is 0 Å². The Bertz CT molecular complexity index is 528. The van der Waals surface area contributed by atoms with Gasteiger partial charge in [0.15, 0.2) is 5.82 Å². The largest absolute Gasteiger partial charge is 0.345 e. The lowest BCUT2D eigenvalue weighted by atomic mass is 10.2. The Morgan fingerprint density at radius 1 is 1.44 bits per heavy atom. The summed E-state index contributed by atoms with van der Waals surface area (Å²) in [6, 6.07) is 0.320. The Labute approximate surface area is 106 Å². The summed E-state index contributed by atoms with van der Waals surface area (Å²) < 4.78 is 0. The summed E-state index contributed by atoms with van der Waals surface area (Å²) in [7, 11) is 0. The predicted octanol–water partition coefficient (Wildman–Crippen LogP) is 1.48. The van der Waals surface area contributed by atoms with Crippen molar-refractivity contribution in [2.75, 3.05) is 6.54 Å². The molecule has 1 atom stereocenters. The van der Waals surface area contributed by atoms with Crippen molar-refractivity contribution in [2.45, 2.75) is 39.3 Å². The van der Waals surface area contributed by atoms with E-state index in [1.54, 1.807) is 0 Å². The fourth-order valence-corrected chi connectivity index (χ4v) is 2.56. The fraction of sp³-hybridized carbons (Fsp3) is 0.583. The molecule has 0 radical (unpaired) electrons. The van der Waals surface area contributed by atoms with Gasteiger partial charge in [-0.2, -0.15) is 5.10 Å². The van der Waals surface area contributed by atoms with Crippen LogP contribution in [0.3, 0.4) is 0 Å². The van der Waals surface area contributed by atoms with Crippen molar-refractivity contribution in [1.82, 2.24) is 30.0 Å². The van der Waals surface area contributed by atoms with Gasteiger partial charge in [0, 0.05) is 11.9 Å². The summed E-state index contributed by atoms with van der Waals surface area (Å²) in [6.07, 6.45) is 4.19. The predicted molar refractivity (Wildman–Crippen MR) is 66.8 cm³/mol. The first-order chi connectivity index (χ1) is 8.72. The molecule has 2 aromatic rings. The molecule has 1 saturated heterocycles. The van der Waals surface area contributed by atoms with Crippen LogP contribution < -0.4 is 0 Å². The highest BCUT2D eigenvalue weighted by Crippen LogP contribution is 2.30. The molecule has 0 bridgehead atoms. The SMILES string of the molecule is Cc1cnc(CN2CCC[C@H]2c2n[nH]c(C)n2)[nH]1. The van der Waals surface area contributed by atoms with E-state index in [1.165, 1.54) is 6.42 Å². The smallest absolute Gasteiger partial charge is 0.167 e. The van der Waals surface area contributed by atoms with Crippen LogP contribution in [0.1, 0.15) is 42.1 Å². The van der Waals surface area contributed by atoms with Gasteiger partial charge in [0.1, 0.15) is 11.6 Å². The molecule has 3 heterocycles. The summed E-state index contributed by atoms with van der Waals surface area (Å²) in [5, 5.41) is 7.21. The molecule has 0 amide bonds. The maximum atomic E-state index is 4.45. The highest BCUT2D eigenvalue weighted by atomic mass is 15.3. The van der Waals surface area contributed by atoms with E-state index in [0.717, 1.165) is 42.7 Å². The van der Waals surface area contributed by atoms with Crippen LogP contribution in [0.25, 0.3) is 0 Å². The van der Waals surface area contributed by atoms with Crippen LogP contribution in [0.2, 0.25) is 0 Å². The molecule has 3 rings (SSSR count). The van der Waals surface area contributed by atoms with Gasteiger partial charge in [-0.25, -0.2) is 9.97 Å². The minimum atomic E-state index is 0.320. The monoisotopic (exact) mass is 246 g/mol. The highest BCUT2D eigenvalue weighted by molar-refractivity contribution is 5.03. The lowest BCUT2D eigenvalue weighted by Crippen LogP contribution is -2.24. The third-order valence-electron chi connectivity index (χ3n) is 3.38. The average molecular weight is 246 g/mol. The van der Waals surface area contributed by atoms with Gasteiger partial charge < -0.3 is 4.98 Å². The van der Waals surface area contributed by atoms with Crippen LogP contribution in [0, 0.1) is 13.8 Å². The zero-order valence-electron chi connectivity index (χ0n) is 10.8. The Morgan fingerprint density at radius 2 is 2.33 bits per heavy atom. The number of likely N-dealkylation sites (tertiary alicyclic amines) is 1. The number of imidazole rings is 1. The van der Waals surface area contributed by atoms with Crippen LogP contribution in [0.15, 0.2) is 6.20 Å². The fourth-order valence-electron chi connectivity index (χ4n) is 2.56. The van der Waals surface area contributed by atoms with Gasteiger partial charge in [0.2, 0.25) is 0 Å². The van der Waals surface area contributed by atoms with Crippen molar-refractivity contribution in [3.8, 4) is 0 Å². The van der Waals surface area contributed by atoms with Crippen LogP contribution in [0.5, 0.6) is 0 Å². The van der Waals surface area contributed by atoms with Crippen molar-refractivity contribution < 1.29 is 0 Å². The van der Waals surface area contributed by atoms with Gasteiger partial charge in [-0.15, -0.1) is 0 Å². The minimum Gasteiger partial charge on any atom is -0.345 e. The third kappa shape index (κ3) is 2.15. The van der Waals surface area contributed by atoms with Gasteiger partial charge >= 0.3 is 0 Å². The number of rotatable bonds is 3. The number of H-pyrrole nitrogens is 2. The van der Waals surface area contributed by atoms with Crippen molar-refractivity contribution >= 4 is 0 Å². The number of aromatic amines is 2. The van der Waals surface area contributed by atoms with E-state index in [0.29, 0.717) is 6.04 Å². The molecule has 1 aliphatic heterocycles. The summed E-state index contributed by atoms with van der Waals surface area (Å²) in [5.74, 6) is 2.81. The highest BCUT2D eigenvalue weighted by Gasteiger charge is 2.29. The minimum absolute atomic E-state index is 0.320. The zero-order valence-corrected chi connectivity index (χ0v) is 10.8. The second kappa shape index (κ2) is 4.53. The molecular weight excluding hydrogens is 228 g/mol. The Balaban J connectivity index is 1.75. The number of aryl methyl sites for hydroxylation is 2. The van der Waals surface area contributed by atoms with Crippen molar-refractivity contribution in [3.05, 3.63) is 29.4 Å². The van der Waals surface area contributed by atoms with E-state index in [2.05, 4.69) is 30.0 Å². The molecule has 2 aromatic heterocycles. The van der Waals surface area contributed by atoms with Crippen LogP contribution in [-0.2, 0) is 6.54 Å². The molecule has 1 fully saturated rings. The first-order valence-electron chi connectivity index (χ1n) is 6.36. The lowest BCUT2D eigenvalue weighted by molar-refractivity contribution is 0.235. The molecule has 18 heavy (non-hydrogen) atoms. The molecule has 0 saturated carbocycles. The molecule has 2 N–H and O–H groups in total. The third-order valence-corrected chi connectivity index (χ3v) is 3.38.